The summed E-state index contributed by atoms with van der Waals surface area (Å²) in [6.45, 7) is 1.61. The zero-order chi connectivity index (χ0) is 10.1. The molecule has 0 aromatic rings. The maximum atomic E-state index is 12.2. The van der Waals surface area contributed by atoms with E-state index < -0.39 is 12.2 Å². The van der Waals surface area contributed by atoms with Gasteiger partial charge in [-0.3, -0.25) is 9.69 Å². The minimum atomic E-state index is -4.18. The number of piperidine rings is 1. The van der Waals surface area contributed by atoms with Crippen LogP contribution in [0, 0.1) is 0 Å². The molecular weight excluding hydrogens is 183 g/mol. The van der Waals surface area contributed by atoms with E-state index in [9.17, 15) is 18.0 Å². The number of carbonyl (C=O) groups is 1. The fourth-order valence-electron chi connectivity index (χ4n) is 1.37. The number of carbonyl (C=O) groups excluding carboxylic acids is 1. The van der Waals surface area contributed by atoms with Gasteiger partial charge in [0.15, 0.2) is 0 Å². The van der Waals surface area contributed by atoms with Crippen molar-refractivity contribution in [2.24, 2.45) is 0 Å². The number of likely N-dealkylation sites (tertiary alicyclic amines) is 1. The number of Topliss-reactive ketones (excluding diaryl/α,β-unsaturated/α-hetero) is 1. The number of rotatable bonds is 1. The number of halogens is 3. The first-order valence-electron chi connectivity index (χ1n) is 4.23. The van der Waals surface area contributed by atoms with Gasteiger partial charge in [-0.25, -0.2) is 0 Å². The van der Waals surface area contributed by atoms with Crippen LogP contribution in [0.2, 0.25) is 0 Å². The van der Waals surface area contributed by atoms with Gasteiger partial charge in [-0.1, -0.05) is 0 Å². The summed E-state index contributed by atoms with van der Waals surface area (Å²) >= 11 is 0. The van der Waals surface area contributed by atoms with E-state index in [4.69, 9.17) is 0 Å². The topological polar surface area (TPSA) is 20.3 Å². The lowest BCUT2D eigenvalue weighted by Gasteiger charge is -2.32. The van der Waals surface area contributed by atoms with E-state index in [-0.39, 0.29) is 31.7 Å². The number of hydrogen-bond donors (Lipinski definition) is 0. The first-order chi connectivity index (χ1) is 5.91. The molecule has 1 saturated heterocycles. The molecule has 0 bridgehead atoms. The molecule has 2 nitrogen and oxygen atoms in total. The molecular formula is C8H12F3NO. The quantitative estimate of drug-likeness (QED) is 0.633. The molecule has 0 saturated carbocycles. The molecule has 1 aliphatic rings. The Balaban J connectivity index is 2.49. The van der Waals surface area contributed by atoms with E-state index in [0.717, 1.165) is 6.92 Å². The van der Waals surface area contributed by atoms with Crippen molar-refractivity contribution in [2.75, 3.05) is 13.1 Å². The highest BCUT2D eigenvalue weighted by atomic mass is 19.4. The van der Waals surface area contributed by atoms with E-state index in [1.165, 1.54) is 4.90 Å². The molecule has 0 aromatic heterocycles. The van der Waals surface area contributed by atoms with Crippen LogP contribution in [0.3, 0.4) is 0 Å². The summed E-state index contributed by atoms with van der Waals surface area (Å²) in [4.78, 5) is 12.1. The van der Waals surface area contributed by atoms with Crippen molar-refractivity contribution in [1.29, 1.82) is 0 Å². The van der Waals surface area contributed by atoms with E-state index in [1.807, 2.05) is 0 Å². The largest absolute Gasteiger partial charge is 0.403 e. The standard InChI is InChI=1S/C8H12F3NO/c1-6(8(9,10)11)12-4-2-7(13)3-5-12/h6H,2-5H2,1H3/t6-/m0/s1. The predicted octanol–water partition coefficient (Wildman–Crippen LogP) is 1.60. The molecule has 76 valence electrons. The average Bonchev–Trinajstić information content (AvgIpc) is 2.03. The highest BCUT2D eigenvalue weighted by Crippen LogP contribution is 2.25. The lowest BCUT2D eigenvalue weighted by atomic mass is 10.1. The van der Waals surface area contributed by atoms with Crippen molar-refractivity contribution in [1.82, 2.24) is 4.90 Å². The van der Waals surface area contributed by atoms with Gasteiger partial charge in [-0.05, 0) is 6.92 Å². The first kappa shape index (κ1) is 10.5. The van der Waals surface area contributed by atoms with Crippen LogP contribution in [0.25, 0.3) is 0 Å². The Bertz CT molecular complexity index is 192. The second kappa shape index (κ2) is 3.65. The second-order valence-electron chi connectivity index (χ2n) is 3.29. The average molecular weight is 195 g/mol. The first-order valence-corrected chi connectivity index (χ1v) is 4.23. The zero-order valence-electron chi connectivity index (χ0n) is 7.40. The summed E-state index contributed by atoms with van der Waals surface area (Å²) < 4.78 is 36.6. The Morgan fingerprint density at radius 2 is 1.77 bits per heavy atom. The van der Waals surface area contributed by atoms with Crippen LogP contribution in [-0.4, -0.2) is 36.0 Å². The number of hydrogen-bond acceptors (Lipinski definition) is 2. The van der Waals surface area contributed by atoms with E-state index in [2.05, 4.69) is 0 Å². The van der Waals surface area contributed by atoms with Crippen molar-refractivity contribution in [3.8, 4) is 0 Å². The monoisotopic (exact) mass is 195 g/mol. The molecule has 1 fully saturated rings. The number of alkyl halides is 3. The van der Waals surface area contributed by atoms with Crippen molar-refractivity contribution >= 4 is 5.78 Å². The molecule has 0 spiro atoms. The predicted molar refractivity (Wildman–Crippen MR) is 41.3 cm³/mol. The Labute approximate surface area is 74.7 Å². The van der Waals surface area contributed by atoms with Gasteiger partial charge in [0.1, 0.15) is 11.8 Å². The number of nitrogens with zero attached hydrogens (tertiary/aromatic N) is 1. The van der Waals surface area contributed by atoms with Crippen LogP contribution < -0.4 is 0 Å². The fourth-order valence-corrected chi connectivity index (χ4v) is 1.37. The Morgan fingerprint density at radius 3 is 2.15 bits per heavy atom. The SMILES string of the molecule is C[C@H](N1CCC(=O)CC1)C(F)(F)F. The van der Waals surface area contributed by atoms with Crippen LogP contribution in [0.1, 0.15) is 19.8 Å². The smallest absolute Gasteiger partial charge is 0.300 e. The van der Waals surface area contributed by atoms with Gasteiger partial charge in [0.25, 0.3) is 0 Å². The molecule has 13 heavy (non-hydrogen) atoms. The molecule has 0 unspecified atom stereocenters. The highest BCUT2D eigenvalue weighted by molar-refractivity contribution is 5.79. The Kier molecular flexibility index (Phi) is 2.95. The summed E-state index contributed by atoms with van der Waals surface area (Å²) in [7, 11) is 0. The van der Waals surface area contributed by atoms with Crippen molar-refractivity contribution in [3.63, 3.8) is 0 Å². The molecule has 1 aliphatic heterocycles. The lowest BCUT2D eigenvalue weighted by Crippen LogP contribution is -2.47. The van der Waals surface area contributed by atoms with Gasteiger partial charge in [0, 0.05) is 25.9 Å². The van der Waals surface area contributed by atoms with Crippen molar-refractivity contribution in [3.05, 3.63) is 0 Å². The summed E-state index contributed by atoms with van der Waals surface area (Å²) in [6.07, 6.45) is -3.68. The minimum Gasteiger partial charge on any atom is -0.300 e. The zero-order valence-corrected chi connectivity index (χ0v) is 7.40. The van der Waals surface area contributed by atoms with Gasteiger partial charge in [0.05, 0.1) is 0 Å². The molecule has 0 N–H and O–H groups in total. The summed E-state index contributed by atoms with van der Waals surface area (Å²) in [5.74, 6) is 0.0608. The van der Waals surface area contributed by atoms with E-state index >= 15 is 0 Å². The van der Waals surface area contributed by atoms with Gasteiger partial charge < -0.3 is 0 Å². The molecule has 0 radical (unpaired) electrons. The summed E-state index contributed by atoms with van der Waals surface area (Å²) in [5.41, 5.74) is 0. The van der Waals surface area contributed by atoms with Crippen molar-refractivity contribution < 1.29 is 18.0 Å². The van der Waals surface area contributed by atoms with Gasteiger partial charge in [-0.15, -0.1) is 0 Å². The van der Waals surface area contributed by atoms with E-state index in [1.54, 1.807) is 0 Å². The van der Waals surface area contributed by atoms with Gasteiger partial charge in [-0.2, -0.15) is 13.2 Å². The maximum absolute atomic E-state index is 12.2. The van der Waals surface area contributed by atoms with Gasteiger partial charge >= 0.3 is 6.18 Å². The molecule has 1 atom stereocenters. The molecule has 5 heteroatoms. The van der Waals surface area contributed by atoms with Crippen LogP contribution in [0.15, 0.2) is 0 Å². The highest BCUT2D eigenvalue weighted by Gasteiger charge is 2.40. The normalized spacial score (nSPS) is 23.2. The number of ketones is 1. The molecule has 1 rings (SSSR count). The van der Waals surface area contributed by atoms with Gasteiger partial charge in [0.2, 0.25) is 0 Å². The Hall–Kier alpha value is -0.580. The molecule has 1 heterocycles. The minimum absolute atomic E-state index is 0.0608. The van der Waals surface area contributed by atoms with Crippen LogP contribution in [0.5, 0.6) is 0 Å². The second-order valence-corrected chi connectivity index (χ2v) is 3.29. The third kappa shape index (κ3) is 2.69. The van der Waals surface area contributed by atoms with E-state index in [0.29, 0.717) is 0 Å². The molecule has 0 aromatic carbocycles. The third-order valence-electron chi connectivity index (χ3n) is 2.38. The fraction of sp³-hybridized carbons (Fsp3) is 0.875. The summed E-state index contributed by atoms with van der Waals surface area (Å²) in [6, 6.07) is -1.43. The van der Waals surface area contributed by atoms with Crippen LogP contribution in [0.4, 0.5) is 13.2 Å². The van der Waals surface area contributed by atoms with Crippen LogP contribution >= 0.6 is 0 Å². The third-order valence-corrected chi connectivity index (χ3v) is 2.38. The summed E-state index contributed by atoms with van der Waals surface area (Å²) in [5, 5.41) is 0. The Morgan fingerprint density at radius 1 is 1.31 bits per heavy atom. The van der Waals surface area contributed by atoms with Crippen molar-refractivity contribution in [2.45, 2.75) is 32.0 Å². The lowest BCUT2D eigenvalue weighted by molar-refractivity contribution is -0.181. The van der Waals surface area contributed by atoms with Crippen LogP contribution in [-0.2, 0) is 4.79 Å². The molecule has 0 aliphatic carbocycles. The maximum Gasteiger partial charge on any atom is 0.403 e. The molecule has 0 amide bonds.